The van der Waals surface area contributed by atoms with E-state index in [1.54, 1.807) is 23.1 Å². The number of hydrogen-bond acceptors (Lipinski definition) is 2. The molecule has 0 saturated carbocycles. The van der Waals surface area contributed by atoms with E-state index in [1.807, 2.05) is 55.5 Å². The normalized spacial score (nSPS) is 11.8. The third kappa shape index (κ3) is 6.94. The summed E-state index contributed by atoms with van der Waals surface area (Å²) in [6.45, 7) is 2.68. The highest BCUT2D eigenvalue weighted by molar-refractivity contribution is 6.36. The number of carbonyl (C=O) groups is 2. The van der Waals surface area contributed by atoms with Crippen LogP contribution in [0.25, 0.3) is 10.8 Å². The molecule has 0 bridgehead atoms. The number of benzene rings is 4. The number of amides is 2. The fraction of sp³-hybridized carbons (Fsp3) is 0.250. The molecule has 0 aliphatic rings. The Morgan fingerprint density at radius 3 is 2.24 bits per heavy atom. The lowest BCUT2D eigenvalue weighted by atomic mass is 9.99. The van der Waals surface area contributed by atoms with Crippen LogP contribution in [0.15, 0.2) is 91.0 Å². The zero-order valence-electron chi connectivity index (χ0n) is 21.5. The molecule has 196 valence electrons. The average Bonchev–Trinajstić information content (AvgIpc) is 2.94. The van der Waals surface area contributed by atoms with Crippen LogP contribution < -0.4 is 5.32 Å². The summed E-state index contributed by atoms with van der Waals surface area (Å²) in [5, 5.41) is 6.21. The summed E-state index contributed by atoms with van der Waals surface area (Å²) in [7, 11) is 0. The second-order valence-corrected chi connectivity index (χ2v) is 10.2. The molecule has 0 radical (unpaired) electrons. The number of rotatable bonds is 11. The maximum Gasteiger partial charge on any atom is 0.243 e. The predicted octanol–water partition coefficient (Wildman–Crippen LogP) is 7.25. The number of aryl methyl sites for hydroxylation is 1. The number of hydrogen-bond donors (Lipinski definition) is 1. The summed E-state index contributed by atoms with van der Waals surface area (Å²) in [6, 6.07) is 28.6. The van der Waals surface area contributed by atoms with Gasteiger partial charge >= 0.3 is 0 Å². The first-order valence-electron chi connectivity index (χ1n) is 13.0. The summed E-state index contributed by atoms with van der Waals surface area (Å²) >= 11 is 13.0. The molecule has 6 heteroatoms. The first kappa shape index (κ1) is 27.7. The van der Waals surface area contributed by atoms with Gasteiger partial charge in [-0.3, -0.25) is 9.59 Å². The van der Waals surface area contributed by atoms with E-state index in [0.29, 0.717) is 35.0 Å². The summed E-state index contributed by atoms with van der Waals surface area (Å²) < 4.78 is 0. The Morgan fingerprint density at radius 1 is 0.842 bits per heavy atom. The Balaban J connectivity index is 1.67. The first-order chi connectivity index (χ1) is 18.5. The van der Waals surface area contributed by atoms with Gasteiger partial charge in [0.2, 0.25) is 11.8 Å². The third-order valence-corrected chi connectivity index (χ3v) is 7.41. The highest BCUT2D eigenvalue weighted by Gasteiger charge is 2.31. The lowest BCUT2D eigenvalue weighted by molar-refractivity contribution is -0.141. The van der Waals surface area contributed by atoms with E-state index in [0.717, 1.165) is 28.3 Å². The van der Waals surface area contributed by atoms with Crippen molar-refractivity contribution in [3.63, 3.8) is 0 Å². The standard InChI is InChI=1S/C32H32Cl2N2O2/c1-2-20-35-32(38)30(21-23-10-4-3-5-11-23)36(22-27-28(33)16-9-17-29(27)34)31(37)19-18-25-14-8-13-24-12-6-7-15-26(24)25/h3-17,30H,2,18-22H2,1H3,(H,35,38)/t30-/m1/s1. The van der Waals surface area contributed by atoms with Crippen LogP contribution in [0.2, 0.25) is 10.0 Å². The van der Waals surface area contributed by atoms with E-state index in [9.17, 15) is 9.59 Å². The molecular formula is C32H32Cl2N2O2. The largest absolute Gasteiger partial charge is 0.354 e. The molecule has 0 heterocycles. The molecule has 0 fully saturated rings. The number of nitrogens with zero attached hydrogens (tertiary/aromatic N) is 1. The second-order valence-electron chi connectivity index (χ2n) is 9.36. The van der Waals surface area contributed by atoms with Gasteiger partial charge in [-0.05, 0) is 46.9 Å². The third-order valence-electron chi connectivity index (χ3n) is 6.70. The summed E-state index contributed by atoms with van der Waals surface area (Å²) in [6.07, 6.45) is 2.00. The molecule has 0 spiro atoms. The van der Waals surface area contributed by atoms with Crippen LogP contribution in [0, 0.1) is 0 Å². The van der Waals surface area contributed by atoms with Crippen molar-refractivity contribution in [2.24, 2.45) is 0 Å². The van der Waals surface area contributed by atoms with Gasteiger partial charge in [-0.2, -0.15) is 0 Å². The molecule has 0 saturated heterocycles. The van der Waals surface area contributed by atoms with Gasteiger partial charge in [0.05, 0.1) is 0 Å². The fourth-order valence-electron chi connectivity index (χ4n) is 4.67. The van der Waals surface area contributed by atoms with E-state index in [2.05, 4.69) is 29.6 Å². The molecule has 4 rings (SSSR count). The van der Waals surface area contributed by atoms with Crippen molar-refractivity contribution in [2.45, 2.75) is 45.2 Å². The van der Waals surface area contributed by atoms with Crippen LogP contribution in [0.4, 0.5) is 0 Å². The minimum Gasteiger partial charge on any atom is -0.354 e. The average molecular weight is 548 g/mol. The maximum absolute atomic E-state index is 13.9. The SMILES string of the molecule is CCCNC(=O)[C@@H](Cc1ccccc1)N(Cc1c(Cl)cccc1Cl)C(=O)CCc1cccc2ccccc12. The molecule has 0 aliphatic carbocycles. The van der Waals surface area contributed by atoms with Gasteiger partial charge in [0.1, 0.15) is 6.04 Å². The van der Waals surface area contributed by atoms with Gasteiger partial charge in [0, 0.05) is 41.5 Å². The minimum atomic E-state index is -0.712. The van der Waals surface area contributed by atoms with Crippen LogP contribution in [0.1, 0.15) is 36.5 Å². The van der Waals surface area contributed by atoms with Crippen molar-refractivity contribution in [1.29, 1.82) is 0 Å². The fourth-order valence-corrected chi connectivity index (χ4v) is 5.19. The van der Waals surface area contributed by atoms with Crippen LogP contribution in [0.3, 0.4) is 0 Å². The molecule has 2 amide bonds. The van der Waals surface area contributed by atoms with Gasteiger partial charge in [0.15, 0.2) is 0 Å². The van der Waals surface area contributed by atoms with Crippen molar-refractivity contribution in [3.05, 3.63) is 118 Å². The molecule has 38 heavy (non-hydrogen) atoms. The van der Waals surface area contributed by atoms with Crippen molar-refractivity contribution < 1.29 is 9.59 Å². The Kier molecular flexibility index (Phi) is 9.80. The monoisotopic (exact) mass is 546 g/mol. The van der Waals surface area contributed by atoms with Crippen molar-refractivity contribution >= 4 is 45.8 Å². The molecule has 0 aromatic heterocycles. The van der Waals surface area contributed by atoms with Crippen molar-refractivity contribution in [1.82, 2.24) is 10.2 Å². The van der Waals surface area contributed by atoms with Crippen LogP contribution in [-0.4, -0.2) is 29.3 Å². The molecule has 0 unspecified atom stereocenters. The maximum atomic E-state index is 13.9. The van der Waals surface area contributed by atoms with Gasteiger partial charge in [-0.25, -0.2) is 0 Å². The Hall–Kier alpha value is -3.34. The second kappa shape index (κ2) is 13.5. The molecule has 0 aliphatic heterocycles. The van der Waals surface area contributed by atoms with Crippen molar-refractivity contribution in [3.8, 4) is 0 Å². The zero-order valence-corrected chi connectivity index (χ0v) is 23.0. The van der Waals surface area contributed by atoms with Gasteiger partial charge in [-0.15, -0.1) is 0 Å². The quantitative estimate of drug-likeness (QED) is 0.215. The summed E-state index contributed by atoms with van der Waals surface area (Å²) in [5.41, 5.74) is 2.71. The number of fused-ring (bicyclic) bond motifs is 1. The highest BCUT2D eigenvalue weighted by Crippen LogP contribution is 2.28. The van der Waals surface area contributed by atoms with Gasteiger partial charge < -0.3 is 10.2 Å². The van der Waals surface area contributed by atoms with E-state index in [1.165, 1.54) is 0 Å². The lowest BCUT2D eigenvalue weighted by Gasteiger charge is -2.32. The molecule has 4 aromatic carbocycles. The van der Waals surface area contributed by atoms with E-state index < -0.39 is 6.04 Å². The van der Waals surface area contributed by atoms with Crippen LogP contribution >= 0.6 is 23.2 Å². The van der Waals surface area contributed by atoms with Crippen LogP contribution in [-0.2, 0) is 29.0 Å². The number of carbonyl (C=O) groups excluding carboxylic acids is 2. The molecule has 1 atom stereocenters. The first-order valence-corrected chi connectivity index (χ1v) is 13.7. The number of halogens is 2. The van der Waals surface area contributed by atoms with E-state index in [4.69, 9.17) is 23.2 Å². The molecule has 4 aromatic rings. The van der Waals surface area contributed by atoms with Crippen molar-refractivity contribution in [2.75, 3.05) is 6.54 Å². The smallest absolute Gasteiger partial charge is 0.243 e. The lowest BCUT2D eigenvalue weighted by Crippen LogP contribution is -2.50. The topological polar surface area (TPSA) is 49.4 Å². The van der Waals surface area contributed by atoms with Gasteiger partial charge in [0.25, 0.3) is 0 Å². The minimum absolute atomic E-state index is 0.124. The van der Waals surface area contributed by atoms with Crippen LogP contribution in [0.5, 0.6) is 0 Å². The number of nitrogens with one attached hydrogen (secondary N) is 1. The zero-order chi connectivity index (χ0) is 26.9. The molecular weight excluding hydrogens is 515 g/mol. The highest BCUT2D eigenvalue weighted by atomic mass is 35.5. The van der Waals surface area contributed by atoms with Gasteiger partial charge in [-0.1, -0.05) is 109 Å². The Labute approximate surface area is 234 Å². The Morgan fingerprint density at radius 2 is 1.50 bits per heavy atom. The molecule has 1 N–H and O–H groups in total. The summed E-state index contributed by atoms with van der Waals surface area (Å²) in [5.74, 6) is -0.307. The van der Waals surface area contributed by atoms with E-state index in [-0.39, 0.29) is 24.8 Å². The predicted molar refractivity (Wildman–Crippen MR) is 157 cm³/mol. The summed E-state index contributed by atoms with van der Waals surface area (Å²) in [4.78, 5) is 29.1. The molecule has 4 nitrogen and oxygen atoms in total. The Bertz CT molecular complexity index is 1370. The van der Waals surface area contributed by atoms with E-state index >= 15 is 0 Å².